The van der Waals surface area contributed by atoms with Crippen LogP contribution in [0.5, 0.6) is 0 Å². The molecule has 0 atom stereocenters. The average Bonchev–Trinajstić information content (AvgIpc) is 2.62. The van der Waals surface area contributed by atoms with Gasteiger partial charge in [0.2, 0.25) is 0 Å². The molecule has 26 heavy (non-hydrogen) atoms. The van der Waals surface area contributed by atoms with Gasteiger partial charge in [-0.25, -0.2) is 0 Å². The summed E-state index contributed by atoms with van der Waals surface area (Å²) in [5.74, 6) is 0. The summed E-state index contributed by atoms with van der Waals surface area (Å²) in [6.07, 6.45) is 0. The highest BCUT2D eigenvalue weighted by atomic mass is 127. The number of fused-ring (bicyclic) bond motifs is 2. The Labute approximate surface area is 166 Å². The number of pyridine rings is 1. The maximum absolute atomic E-state index is 13.0. The van der Waals surface area contributed by atoms with E-state index in [2.05, 4.69) is 66.1 Å². The van der Waals surface area contributed by atoms with Crippen molar-refractivity contribution < 1.29 is 0 Å². The largest absolute Gasteiger partial charge is 0.308 e. The van der Waals surface area contributed by atoms with Crippen LogP contribution in [-0.2, 0) is 5.41 Å². The molecule has 0 amide bonds. The summed E-state index contributed by atoms with van der Waals surface area (Å²) in [5, 5.41) is 1.51. The summed E-state index contributed by atoms with van der Waals surface area (Å²) < 4.78 is 3.39. The molecule has 0 unspecified atom stereocenters. The zero-order valence-corrected chi connectivity index (χ0v) is 17.2. The number of hydrogen-bond acceptors (Lipinski definition) is 1. The van der Waals surface area contributed by atoms with Crippen LogP contribution in [-0.4, -0.2) is 4.57 Å². The Morgan fingerprint density at radius 1 is 0.808 bits per heavy atom. The van der Waals surface area contributed by atoms with Gasteiger partial charge in [-0.1, -0.05) is 51.1 Å². The van der Waals surface area contributed by atoms with Crippen LogP contribution >= 0.6 is 22.6 Å². The first-order valence-corrected chi connectivity index (χ1v) is 9.79. The average molecular weight is 453 g/mol. The molecule has 130 valence electrons. The van der Waals surface area contributed by atoms with Crippen molar-refractivity contribution in [3.63, 3.8) is 0 Å². The van der Waals surface area contributed by atoms with Crippen molar-refractivity contribution in [3.05, 3.63) is 86.1 Å². The van der Waals surface area contributed by atoms with E-state index >= 15 is 0 Å². The van der Waals surface area contributed by atoms with Gasteiger partial charge in [0.05, 0.1) is 16.7 Å². The number of rotatable bonds is 1. The van der Waals surface area contributed by atoms with Crippen LogP contribution in [0.1, 0.15) is 26.3 Å². The normalized spacial score (nSPS) is 12.0. The van der Waals surface area contributed by atoms with E-state index < -0.39 is 0 Å². The Morgan fingerprint density at radius 2 is 1.35 bits per heavy atom. The lowest BCUT2D eigenvalue weighted by Crippen LogP contribution is -2.14. The van der Waals surface area contributed by atoms with Crippen LogP contribution in [0.25, 0.3) is 27.5 Å². The molecule has 3 aromatic carbocycles. The standard InChI is InChI=1S/C23H20INO/c1-23(2,3)15-12-13-18(24)21(14-15)25-19-10-6-4-8-16(19)22(26)17-9-5-7-11-20(17)25/h4-14H,1-3H3. The van der Waals surface area contributed by atoms with Crippen molar-refractivity contribution in [2.24, 2.45) is 0 Å². The Kier molecular flexibility index (Phi) is 4.14. The molecule has 2 nitrogen and oxygen atoms in total. The SMILES string of the molecule is CC(C)(C)c1ccc(I)c(-n2c3ccccc3c(=O)c3ccccc32)c1. The number of benzene rings is 3. The molecule has 0 radical (unpaired) electrons. The van der Waals surface area contributed by atoms with Crippen molar-refractivity contribution in [1.82, 2.24) is 4.57 Å². The summed E-state index contributed by atoms with van der Waals surface area (Å²) in [7, 11) is 0. The van der Waals surface area contributed by atoms with E-state index in [0.717, 1.165) is 31.1 Å². The van der Waals surface area contributed by atoms with E-state index in [1.54, 1.807) is 0 Å². The highest BCUT2D eigenvalue weighted by Gasteiger charge is 2.18. The van der Waals surface area contributed by atoms with Gasteiger partial charge in [0, 0.05) is 14.3 Å². The van der Waals surface area contributed by atoms with Gasteiger partial charge < -0.3 is 4.57 Å². The number of aromatic nitrogens is 1. The number of halogens is 1. The fourth-order valence-corrected chi connectivity index (χ4v) is 3.98. The van der Waals surface area contributed by atoms with Crippen LogP contribution in [0, 0.1) is 3.57 Å². The summed E-state index contributed by atoms with van der Waals surface area (Å²) >= 11 is 2.38. The van der Waals surface area contributed by atoms with Gasteiger partial charge >= 0.3 is 0 Å². The molecule has 0 fully saturated rings. The van der Waals surface area contributed by atoms with Crippen molar-refractivity contribution >= 4 is 44.4 Å². The predicted octanol–water partition coefficient (Wildman–Crippen LogP) is 6.05. The van der Waals surface area contributed by atoms with Crippen LogP contribution < -0.4 is 5.43 Å². The summed E-state index contributed by atoms with van der Waals surface area (Å²) in [5.41, 5.74) is 4.43. The highest BCUT2D eigenvalue weighted by Crippen LogP contribution is 2.31. The predicted molar refractivity (Wildman–Crippen MR) is 118 cm³/mol. The van der Waals surface area contributed by atoms with E-state index in [0.29, 0.717) is 0 Å². The van der Waals surface area contributed by atoms with E-state index in [4.69, 9.17) is 0 Å². The fourth-order valence-electron chi connectivity index (χ4n) is 3.41. The van der Waals surface area contributed by atoms with Crippen molar-refractivity contribution in [2.75, 3.05) is 0 Å². The van der Waals surface area contributed by atoms with Gasteiger partial charge in [0.15, 0.2) is 5.43 Å². The van der Waals surface area contributed by atoms with Gasteiger partial charge in [-0.15, -0.1) is 0 Å². The Morgan fingerprint density at radius 3 is 1.88 bits per heavy atom. The second-order valence-electron chi connectivity index (χ2n) is 7.62. The lowest BCUT2D eigenvalue weighted by atomic mass is 9.87. The second-order valence-corrected chi connectivity index (χ2v) is 8.78. The molecule has 0 N–H and O–H groups in total. The number of hydrogen-bond donors (Lipinski definition) is 0. The Hall–Kier alpha value is -2.14. The van der Waals surface area contributed by atoms with E-state index in [-0.39, 0.29) is 10.8 Å². The number of para-hydroxylation sites is 2. The molecular weight excluding hydrogens is 433 g/mol. The molecule has 0 saturated heterocycles. The Balaban J connectivity index is 2.21. The maximum Gasteiger partial charge on any atom is 0.197 e. The molecular formula is C23H20INO. The molecule has 0 saturated carbocycles. The lowest BCUT2D eigenvalue weighted by Gasteiger charge is -2.23. The zero-order chi connectivity index (χ0) is 18.5. The molecule has 0 aliphatic heterocycles. The van der Waals surface area contributed by atoms with Gasteiger partial charge in [0.25, 0.3) is 0 Å². The molecule has 1 heterocycles. The number of nitrogens with zero attached hydrogens (tertiary/aromatic N) is 1. The van der Waals surface area contributed by atoms with Crippen molar-refractivity contribution in [1.29, 1.82) is 0 Å². The topological polar surface area (TPSA) is 22.0 Å². The Bertz CT molecular complexity index is 1140. The maximum atomic E-state index is 13.0. The first-order valence-electron chi connectivity index (χ1n) is 8.71. The third-order valence-corrected chi connectivity index (χ3v) is 5.74. The fraction of sp³-hybridized carbons (Fsp3) is 0.174. The first-order chi connectivity index (χ1) is 12.4. The molecule has 4 rings (SSSR count). The van der Waals surface area contributed by atoms with E-state index in [1.165, 1.54) is 5.56 Å². The van der Waals surface area contributed by atoms with Crippen LogP contribution in [0.2, 0.25) is 0 Å². The van der Waals surface area contributed by atoms with Gasteiger partial charge in [-0.05, 0) is 70.0 Å². The van der Waals surface area contributed by atoms with Crippen LogP contribution in [0.3, 0.4) is 0 Å². The third-order valence-electron chi connectivity index (χ3n) is 4.83. The zero-order valence-electron chi connectivity index (χ0n) is 15.1. The molecule has 0 aliphatic carbocycles. The summed E-state index contributed by atoms with van der Waals surface area (Å²) in [6.45, 7) is 6.67. The van der Waals surface area contributed by atoms with Crippen LogP contribution in [0.4, 0.5) is 0 Å². The third kappa shape index (κ3) is 2.75. The van der Waals surface area contributed by atoms with Crippen molar-refractivity contribution in [2.45, 2.75) is 26.2 Å². The lowest BCUT2D eigenvalue weighted by molar-refractivity contribution is 0.589. The van der Waals surface area contributed by atoms with E-state index in [1.807, 2.05) is 48.5 Å². The smallest absolute Gasteiger partial charge is 0.197 e. The van der Waals surface area contributed by atoms with Crippen LogP contribution in [0.15, 0.2) is 71.5 Å². The van der Waals surface area contributed by atoms with Gasteiger partial charge in [-0.2, -0.15) is 0 Å². The van der Waals surface area contributed by atoms with Crippen molar-refractivity contribution in [3.8, 4) is 5.69 Å². The molecule has 1 aromatic heterocycles. The minimum Gasteiger partial charge on any atom is -0.308 e. The monoisotopic (exact) mass is 453 g/mol. The van der Waals surface area contributed by atoms with E-state index in [9.17, 15) is 4.79 Å². The minimum atomic E-state index is 0.0593. The molecule has 0 aliphatic rings. The minimum absolute atomic E-state index is 0.0593. The molecule has 0 bridgehead atoms. The summed E-state index contributed by atoms with van der Waals surface area (Å²) in [4.78, 5) is 13.0. The first kappa shape index (κ1) is 17.3. The molecule has 0 spiro atoms. The quantitative estimate of drug-likeness (QED) is 0.254. The van der Waals surface area contributed by atoms with Gasteiger partial charge in [0.1, 0.15) is 0 Å². The molecule has 4 aromatic rings. The molecule has 3 heteroatoms. The summed E-state index contributed by atoms with van der Waals surface area (Å²) in [6, 6.07) is 22.4. The van der Waals surface area contributed by atoms with Gasteiger partial charge in [-0.3, -0.25) is 4.79 Å². The highest BCUT2D eigenvalue weighted by molar-refractivity contribution is 14.1. The second kappa shape index (κ2) is 6.23.